The molecule has 21 heavy (non-hydrogen) atoms. The monoisotopic (exact) mass is 284 g/mol. The minimum atomic E-state index is 0.570. The first kappa shape index (κ1) is 15.3. The number of aromatic nitrogens is 2. The fourth-order valence-electron chi connectivity index (χ4n) is 1.99. The van der Waals surface area contributed by atoms with Crippen molar-refractivity contribution in [1.29, 1.82) is 0 Å². The molecule has 1 heterocycles. The molecule has 0 spiro atoms. The highest BCUT2D eigenvalue weighted by atomic mass is 15.1. The van der Waals surface area contributed by atoms with Crippen molar-refractivity contribution in [3.8, 4) is 0 Å². The molecule has 0 radical (unpaired) electrons. The first-order valence-electron chi connectivity index (χ1n) is 7.58. The summed E-state index contributed by atoms with van der Waals surface area (Å²) in [6.45, 7) is 8.19. The number of rotatable bonds is 7. The van der Waals surface area contributed by atoms with Gasteiger partial charge < -0.3 is 10.6 Å². The van der Waals surface area contributed by atoms with Gasteiger partial charge in [-0.2, -0.15) is 4.98 Å². The Bertz CT molecular complexity index is 549. The number of hydrogen-bond donors (Lipinski definition) is 2. The first-order chi connectivity index (χ1) is 10.2. The van der Waals surface area contributed by atoms with Crippen molar-refractivity contribution in [2.24, 2.45) is 0 Å². The van der Waals surface area contributed by atoms with Crippen molar-refractivity contribution in [3.05, 3.63) is 47.7 Å². The van der Waals surface area contributed by atoms with Gasteiger partial charge >= 0.3 is 0 Å². The van der Waals surface area contributed by atoms with Crippen LogP contribution >= 0.6 is 0 Å². The van der Waals surface area contributed by atoms with Crippen molar-refractivity contribution in [1.82, 2.24) is 9.97 Å². The fraction of sp³-hybridized carbons (Fsp3) is 0.412. The molecule has 0 saturated carbocycles. The number of nitrogens with one attached hydrogen (secondary N) is 2. The lowest BCUT2D eigenvalue weighted by Gasteiger charge is -2.09. The lowest BCUT2D eigenvalue weighted by atomic mass is 10.0. The summed E-state index contributed by atoms with van der Waals surface area (Å²) in [7, 11) is 0. The van der Waals surface area contributed by atoms with E-state index in [4.69, 9.17) is 0 Å². The van der Waals surface area contributed by atoms with E-state index in [1.54, 1.807) is 6.20 Å². The molecule has 1 aromatic heterocycles. The summed E-state index contributed by atoms with van der Waals surface area (Å²) >= 11 is 0. The second kappa shape index (κ2) is 7.62. The summed E-state index contributed by atoms with van der Waals surface area (Å²) in [5.41, 5.74) is 2.62. The number of hydrogen-bond acceptors (Lipinski definition) is 4. The van der Waals surface area contributed by atoms with Crippen LogP contribution in [0.4, 0.5) is 11.8 Å². The minimum Gasteiger partial charge on any atom is -0.366 e. The molecular formula is C17H24N4. The smallest absolute Gasteiger partial charge is 0.224 e. The van der Waals surface area contributed by atoms with E-state index in [1.165, 1.54) is 11.1 Å². The van der Waals surface area contributed by atoms with E-state index in [9.17, 15) is 0 Å². The predicted molar refractivity (Wildman–Crippen MR) is 88.7 cm³/mol. The molecular weight excluding hydrogens is 260 g/mol. The Balaban J connectivity index is 1.93. The average molecular weight is 284 g/mol. The Morgan fingerprint density at radius 1 is 1.05 bits per heavy atom. The molecule has 4 heteroatoms. The lowest BCUT2D eigenvalue weighted by Crippen LogP contribution is -2.07. The van der Waals surface area contributed by atoms with Gasteiger partial charge in [-0.05, 0) is 29.5 Å². The number of benzene rings is 1. The molecule has 2 rings (SSSR count). The van der Waals surface area contributed by atoms with Crippen LogP contribution in [0.15, 0.2) is 36.5 Å². The van der Waals surface area contributed by atoms with Crippen molar-refractivity contribution < 1.29 is 0 Å². The van der Waals surface area contributed by atoms with Gasteiger partial charge in [-0.25, -0.2) is 4.98 Å². The van der Waals surface area contributed by atoms with Crippen LogP contribution < -0.4 is 10.6 Å². The fourth-order valence-corrected chi connectivity index (χ4v) is 1.99. The standard InChI is InChI=1S/C17H24N4/c1-4-10-18-17-19-11-9-16(21-17)20-12-14-5-7-15(8-6-14)13(2)3/h5-9,11,13H,4,10,12H2,1-3H3,(H2,18,19,20,21). The molecule has 0 aliphatic rings. The summed E-state index contributed by atoms with van der Waals surface area (Å²) in [5, 5.41) is 6.53. The third kappa shape index (κ3) is 4.74. The van der Waals surface area contributed by atoms with Crippen molar-refractivity contribution in [3.63, 3.8) is 0 Å². The average Bonchev–Trinajstić information content (AvgIpc) is 2.52. The summed E-state index contributed by atoms with van der Waals surface area (Å²) in [5.74, 6) is 2.09. The molecule has 4 nitrogen and oxygen atoms in total. The Kier molecular flexibility index (Phi) is 5.55. The van der Waals surface area contributed by atoms with Crippen LogP contribution in [-0.4, -0.2) is 16.5 Å². The normalized spacial score (nSPS) is 10.7. The van der Waals surface area contributed by atoms with Gasteiger partial charge in [0, 0.05) is 19.3 Å². The van der Waals surface area contributed by atoms with Gasteiger partial charge in [0.15, 0.2) is 0 Å². The summed E-state index contributed by atoms with van der Waals surface area (Å²) in [6, 6.07) is 10.6. The predicted octanol–water partition coefficient (Wildman–Crippen LogP) is 4.03. The zero-order valence-corrected chi connectivity index (χ0v) is 13.1. The Hall–Kier alpha value is -2.10. The molecule has 0 bridgehead atoms. The van der Waals surface area contributed by atoms with E-state index in [0.717, 1.165) is 25.3 Å². The lowest BCUT2D eigenvalue weighted by molar-refractivity contribution is 0.865. The van der Waals surface area contributed by atoms with E-state index in [2.05, 4.69) is 65.6 Å². The highest BCUT2D eigenvalue weighted by molar-refractivity contribution is 5.40. The van der Waals surface area contributed by atoms with Crippen LogP contribution in [0.25, 0.3) is 0 Å². The van der Waals surface area contributed by atoms with Gasteiger partial charge in [0.1, 0.15) is 5.82 Å². The first-order valence-corrected chi connectivity index (χ1v) is 7.58. The molecule has 0 aliphatic heterocycles. The van der Waals surface area contributed by atoms with Crippen molar-refractivity contribution >= 4 is 11.8 Å². The van der Waals surface area contributed by atoms with Crippen LogP contribution in [-0.2, 0) is 6.54 Å². The maximum atomic E-state index is 4.44. The van der Waals surface area contributed by atoms with E-state index in [0.29, 0.717) is 11.9 Å². The second-order valence-electron chi connectivity index (χ2n) is 5.44. The number of nitrogens with zero attached hydrogens (tertiary/aromatic N) is 2. The largest absolute Gasteiger partial charge is 0.366 e. The molecule has 2 N–H and O–H groups in total. The molecule has 0 saturated heterocycles. The Morgan fingerprint density at radius 2 is 1.81 bits per heavy atom. The van der Waals surface area contributed by atoms with Gasteiger partial charge in [0.05, 0.1) is 0 Å². The molecule has 0 unspecified atom stereocenters. The maximum absolute atomic E-state index is 4.44. The van der Waals surface area contributed by atoms with Crippen LogP contribution in [0.3, 0.4) is 0 Å². The topological polar surface area (TPSA) is 49.8 Å². The Morgan fingerprint density at radius 3 is 2.48 bits per heavy atom. The third-order valence-corrected chi connectivity index (χ3v) is 3.31. The summed E-state index contributed by atoms with van der Waals surface area (Å²) < 4.78 is 0. The third-order valence-electron chi connectivity index (χ3n) is 3.31. The highest BCUT2D eigenvalue weighted by Crippen LogP contribution is 2.15. The van der Waals surface area contributed by atoms with E-state index in [1.807, 2.05) is 6.07 Å². The van der Waals surface area contributed by atoms with Gasteiger partial charge in [0.2, 0.25) is 5.95 Å². The van der Waals surface area contributed by atoms with Crippen LogP contribution in [0.2, 0.25) is 0 Å². The molecule has 1 aromatic carbocycles. The molecule has 2 aromatic rings. The van der Waals surface area contributed by atoms with E-state index in [-0.39, 0.29) is 0 Å². The molecule has 0 aliphatic carbocycles. The highest BCUT2D eigenvalue weighted by Gasteiger charge is 2.01. The molecule has 0 fully saturated rings. The van der Waals surface area contributed by atoms with Crippen molar-refractivity contribution in [2.75, 3.05) is 17.2 Å². The Labute approximate surface area is 127 Å². The summed E-state index contributed by atoms with van der Waals surface area (Å²) in [4.78, 5) is 8.64. The van der Waals surface area contributed by atoms with Gasteiger partial charge in [0.25, 0.3) is 0 Å². The zero-order chi connectivity index (χ0) is 15.1. The quantitative estimate of drug-likeness (QED) is 0.806. The van der Waals surface area contributed by atoms with Crippen LogP contribution in [0, 0.1) is 0 Å². The van der Waals surface area contributed by atoms with Crippen molar-refractivity contribution in [2.45, 2.75) is 39.7 Å². The minimum absolute atomic E-state index is 0.570. The number of anilines is 2. The maximum Gasteiger partial charge on any atom is 0.224 e. The SMILES string of the molecule is CCCNc1nccc(NCc2ccc(C(C)C)cc2)n1. The summed E-state index contributed by atoms with van der Waals surface area (Å²) in [6.07, 6.45) is 2.83. The van der Waals surface area contributed by atoms with E-state index >= 15 is 0 Å². The second-order valence-corrected chi connectivity index (χ2v) is 5.44. The van der Waals surface area contributed by atoms with Crippen LogP contribution in [0.5, 0.6) is 0 Å². The van der Waals surface area contributed by atoms with Gasteiger partial charge in [-0.3, -0.25) is 0 Å². The molecule has 0 amide bonds. The van der Waals surface area contributed by atoms with E-state index < -0.39 is 0 Å². The van der Waals surface area contributed by atoms with Gasteiger partial charge in [-0.1, -0.05) is 45.0 Å². The molecule has 0 atom stereocenters. The van der Waals surface area contributed by atoms with Crippen LogP contribution in [0.1, 0.15) is 44.2 Å². The zero-order valence-electron chi connectivity index (χ0n) is 13.1. The van der Waals surface area contributed by atoms with Gasteiger partial charge in [-0.15, -0.1) is 0 Å². The molecule has 112 valence electrons.